The second-order valence-electron chi connectivity index (χ2n) is 3.01. The van der Waals surface area contributed by atoms with E-state index in [0.717, 1.165) is 6.07 Å². The Morgan fingerprint density at radius 3 is 2.00 bits per heavy atom. The maximum absolute atomic E-state index is 12.4. The molecule has 0 saturated carbocycles. The standard InChI is InChI=1S/C7H5ClF5NOS/c8-5-1-4(7(14)15)2-6(3-5)16(9,10,11,12)13/h1-3H,(H2,14,15). The predicted octanol–water partition coefficient (Wildman–Crippen LogP) is 4.10. The SMILES string of the molecule is NC(=O)c1cc(Cl)cc(S(F)(F)(F)(F)F)c1. The highest BCUT2D eigenvalue weighted by Crippen LogP contribution is 3.02. The largest absolute Gasteiger partial charge is 0.366 e. The van der Waals surface area contributed by atoms with Gasteiger partial charge in [0.1, 0.15) is 4.90 Å². The molecular weight excluding hydrogens is 277 g/mol. The van der Waals surface area contributed by atoms with E-state index in [1.807, 2.05) is 0 Å². The Morgan fingerprint density at radius 2 is 1.62 bits per heavy atom. The van der Waals surface area contributed by atoms with Crippen LogP contribution in [0.15, 0.2) is 23.1 Å². The van der Waals surface area contributed by atoms with Gasteiger partial charge < -0.3 is 5.73 Å². The maximum atomic E-state index is 12.4. The minimum absolute atomic E-state index is 0.0181. The van der Waals surface area contributed by atoms with E-state index in [1.54, 1.807) is 0 Å². The fraction of sp³-hybridized carbons (Fsp3) is 0. The van der Waals surface area contributed by atoms with Gasteiger partial charge in [-0.15, -0.1) is 0 Å². The lowest BCUT2D eigenvalue weighted by Gasteiger charge is -2.40. The van der Waals surface area contributed by atoms with Gasteiger partial charge in [0.05, 0.1) is 0 Å². The van der Waals surface area contributed by atoms with Crippen LogP contribution in [0.2, 0.25) is 5.02 Å². The van der Waals surface area contributed by atoms with Gasteiger partial charge in [-0.25, -0.2) is 0 Å². The molecule has 1 aromatic carbocycles. The second kappa shape index (κ2) is 2.80. The Hall–Kier alpha value is -1.02. The Balaban J connectivity index is 3.56. The zero-order valence-corrected chi connectivity index (χ0v) is 8.97. The van der Waals surface area contributed by atoms with E-state index in [4.69, 9.17) is 11.6 Å². The molecule has 0 fully saturated rings. The summed E-state index contributed by atoms with van der Waals surface area (Å²) in [6, 6.07) is 0.808. The summed E-state index contributed by atoms with van der Waals surface area (Å²) in [5.74, 6) is -1.27. The first-order chi connectivity index (χ1) is 6.79. The molecule has 0 bridgehead atoms. The van der Waals surface area contributed by atoms with E-state index in [2.05, 4.69) is 5.73 Å². The van der Waals surface area contributed by atoms with Crippen molar-refractivity contribution >= 4 is 27.7 Å². The molecular formula is C7H5ClF5NOS. The smallest absolute Gasteiger partial charge is 0.310 e. The highest BCUT2D eigenvalue weighted by Gasteiger charge is 2.65. The first-order valence-corrected chi connectivity index (χ1v) is 5.97. The van der Waals surface area contributed by atoms with Crippen LogP contribution in [0.1, 0.15) is 10.4 Å². The van der Waals surface area contributed by atoms with Crippen molar-refractivity contribution in [3.8, 4) is 0 Å². The van der Waals surface area contributed by atoms with Crippen LogP contribution in [0.5, 0.6) is 0 Å². The van der Waals surface area contributed by atoms with Gasteiger partial charge in [-0.2, -0.15) is 0 Å². The summed E-state index contributed by atoms with van der Waals surface area (Å²) in [6.07, 6.45) is 0. The Kier molecular flexibility index (Phi) is 2.29. The number of carbonyl (C=O) groups excluding carboxylic acids is 1. The molecule has 0 spiro atoms. The van der Waals surface area contributed by atoms with Crippen LogP contribution in [0.3, 0.4) is 0 Å². The maximum Gasteiger partial charge on any atom is 0.310 e. The van der Waals surface area contributed by atoms with Crippen LogP contribution in [0.25, 0.3) is 0 Å². The summed E-state index contributed by atoms with van der Waals surface area (Å²) >= 11 is 5.20. The molecule has 0 aliphatic carbocycles. The van der Waals surface area contributed by atoms with Crippen molar-refractivity contribution in [3.05, 3.63) is 28.8 Å². The lowest BCUT2D eigenvalue weighted by molar-refractivity contribution is 0.1000. The van der Waals surface area contributed by atoms with Gasteiger partial charge in [0.25, 0.3) is 0 Å². The molecule has 0 aliphatic rings. The van der Waals surface area contributed by atoms with Crippen molar-refractivity contribution in [2.45, 2.75) is 4.90 Å². The molecule has 2 N–H and O–H groups in total. The summed E-state index contributed by atoms with van der Waals surface area (Å²) in [6.45, 7) is 0. The molecule has 16 heavy (non-hydrogen) atoms. The van der Waals surface area contributed by atoms with E-state index >= 15 is 0 Å². The molecule has 0 aliphatic heterocycles. The van der Waals surface area contributed by atoms with E-state index in [1.165, 1.54) is 0 Å². The highest BCUT2D eigenvalue weighted by molar-refractivity contribution is 8.45. The molecule has 2 nitrogen and oxygen atoms in total. The van der Waals surface area contributed by atoms with Gasteiger partial charge in [0.15, 0.2) is 0 Å². The quantitative estimate of drug-likeness (QED) is 0.815. The molecule has 0 aromatic heterocycles. The van der Waals surface area contributed by atoms with Crippen LogP contribution in [-0.4, -0.2) is 5.91 Å². The van der Waals surface area contributed by atoms with E-state index in [-0.39, 0.29) is 12.1 Å². The minimum Gasteiger partial charge on any atom is -0.366 e. The lowest BCUT2D eigenvalue weighted by atomic mass is 10.2. The first-order valence-electron chi connectivity index (χ1n) is 3.64. The third kappa shape index (κ3) is 2.99. The number of hydrogen-bond donors (Lipinski definition) is 1. The number of benzene rings is 1. The summed E-state index contributed by atoms with van der Waals surface area (Å²) in [5.41, 5.74) is 3.96. The average Bonchev–Trinajstić information content (AvgIpc) is 1.98. The first kappa shape index (κ1) is 13.0. The van der Waals surface area contributed by atoms with Crippen molar-refractivity contribution in [2.75, 3.05) is 0 Å². The molecule has 0 saturated heterocycles. The number of carbonyl (C=O) groups is 1. The van der Waals surface area contributed by atoms with Crippen LogP contribution in [0.4, 0.5) is 19.4 Å². The zero-order valence-electron chi connectivity index (χ0n) is 7.39. The van der Waals surface area contributed by atoms with Crippen LogP contribution < -0.4 is 5.73 Å². The normalized spacial score (nSPS) is 16.4. The topological polar surface area (TPSA) is 43.1 Å². The third-order valence-corrected chi connectivity index (χ3v) is 2.95. The van der Waals surface area contributed by atoms with Crippen molar-refractivity contribution in [3.63, 3.8) is 0 Å². The minimum atomic E-state index is -9.84. The molecule has 0 radical (unpaired) electrons. The number of primary amides is 1. The third-order valence-electron chi connectivity index (χ3n) is 1.60. The van der Waals surface area contributed by atoms with E-state index in [9.17, 15) is 24.2 Å². The van der Waals surface area contributed by atoms with Crippen LogP contribution in [-0.2, 0) is 0 Å². The van der Waals surface area contributed by atoms with E-state index < -0.39 is 31.6 Å². The molecule has 0 unspecified atom stereocenters. The lowest BCUT2D eigenvalue weighted by Crippen LogP contribution is -2.13. The summed E-state index contributed by atoms with van der Waals surface area (Å²) < 4.78 is 61.8. The second-order valence-corrected chi connectivity index (χ2v) is 5.85. The monoisotopic (exact) mass is 281 g/mol. The number of amides is 1. The Morgan fingerprint density at radius 1 is 1.12 bits per heavy atom. The summed E-state index contributed by atoms with van der Waals surface area (Å²) in [7, 11) is -9.84. The van der Waals surface area contributed by atoms with Gasteiger partial charge in [0.2, 0.25) is 5.91 Å². The van der Waals surface area contributed by atoms with Crippen molar-refractivity contribution in [1.29, 1.82) is 0 Å². The van der Waals surface area contributed by atoms with Gasteiger partial charge >= 0.3 is 10.2 Å². The zero-order chi connectivity index (χ0) is 12.8. The van der Waals surface area contributed by atoms with Gasteiger partial charge in [-0.05, 0) is 18.2 Å². The Bertz CT molecular complexity index is 471. The fourth-order valence-corrected chi connectivity index (χ4v) is 1.93. The van der Waals surface area contributed by atoms with Gasteiger partial charge in [-0.1, -0.05) is 31.0 Å². The molecule has 1 aromatic rings. The molecule has 92 valence electrons. The molecule has 0 atom stereocenters. The Labute approximate surface area is 91.9 Å². The van der Waals surface area contributed by atoms with Crippen LogP contribution in [0, 0.1) is 0 Å². The molecule has 1 rings (SSSR count). The van der Waals surface area contributed by atoms with Crippen molar-refractivity contribution in [1.82, 2.24) is 0 Å². The average molecular weight is 282 g/mol. The van der Waals surface area contributed by atoms with Gasteiger partial charge in [0, 0.05) is 10.6 Å². The summed E-state index contributed by atoms with van der Waals surface area (Å²) in [4.78, 5) is 8.37. The van der Waals surface area contributed by atoms with Crippen LogP contribution >= 0.6 is 21.8 Å². The molecule has 9 heteroatoms. The summed E-state index contributed by atoms with van der Waals surface area (Å²) in [5, 5.41) is -0.639. The van der Waals surface area contributed by atoms with Crippen molar-refractivity contribution < 1.29 is 24.2 Å². The fourth-order valence-electron chi connectivity index (χ4n) is 0.928. The number of hydrogen-bond acceptors (Lipinski definition) is 1. The predicted molar refractivity (Wildman–Crippen MR) is 51.4 cm³/mol. The number of rotatable bonds is 2. The number of halogens is 6. The van der Waals surface area contributed by atoms with Gasteiger partial charge in [-0.3, -0.25) is 4.79 Å². The number of nitrogens with two attached hydrogens (primary N) is 1. The van der Waals surface area contributed by atoms with Crippen molar-refractivity contribution in [2.24, 2.45) is 5.73 Å². The van der Waals surface area contributed by atoms with E-state index in [0.29, 0.717) is 0 Å². The molecule has 0 heterocycles. The molecule has 1 amide bonds. The highest BCUT2D eigenvalue weighted by atomic mass is 35.5.